The molecule has 1 atom stereocenters. The summed E-state index contributed by atoms with van der Waals surface area (Å²) in [6.45, 7) is -1.38. The molecule has 1 rings (SSSR count). The van der Waals surface area contributed by atoms with Crippen LogP contribution in [0.2, 0.25) is 0 Å². The Balaban J connectivity index is 2.45. The van der Waals surface area contributed by atoms with E-state index in [2.05, 4.69) is 15.4 Å². The number of hydrogen-bond donors (Lipinski definition) is 2. The molecule has 0 spiro atoms. The first-order valence-electron chi connectivity index (χ1n) is 4.81. The molecule has 0 aliphatic carbocycles. The van der Waals surface area contributed by atoms with Crippen LogP contribution in [0.15, 0.2) is 22.0 Å². The van der Waals surface area contributed by atoms with Crippen molar-refractivity contribution in [3.8, 4) is 0 Å². The molecule has 2 N–H and O–H groups in total. The van der Waals surface area contributed by atoms with Gasteiger partial charge in [0.2, 0.25) is 5.88 Å². The Bertz CT molecular complexity index is 348. The van der Waals surface area contributed by atoms with Crippen molar-refractivity contribution in [2.75, 3.05) is 13.2 Å². The van der Waals surface area contributed by atoms with Crippen molar-refractivity contribution in [2.45, 2.75) is 18.4 Å². The molecule has 0 fully saturated rings. The predicted molar refractivity (Wildman–Crippen MR) is 63.1 cm³/mol. The van der Waals surface area contributed by atoms with E-state index in [1.54, 1.807) is 22.6 Å². The van der Waals surface area contributed by atoms with E-state index in [1.807, 2.05) is 0 Å². The number of rotatable bonds is 5. The maximum absolute atomic E-state index is 13.1. The van der Waals surface area contributed by atoms with Crippen molar-refractivity contribution < 1.29 is 26.7 Å². The minimum absolute atomic E-state index is 0.0669. The first kappa shape index (κ1) is 15.3. The van der Waals surface area contributed by atoms with E-state index in [4.69, 9.17) is 0 Å². The average Bonchev–Trinajstić information content (AvgIpc) is 2.36. The third kappa shape index (κ3) is 4.18. The Morgan fingerprint density at radius 2 is 2.28 bits per heavy atom. The highest BCUT2D eigenvalue weighted by Crippen LogP contribution is 2.23. The smallest absolute Gasteiger partial charge is 0.340 e. The van der Waals surface area contributed by atoms with Crippen molar-refractivity contribution in [3.63, 3.8) is 0 Å². The maximum atomic E-state index is 13.1. The highest BCUT2D eigenvalue weighted by Gasteiger charge is 2.42. The molecule has 0 aromatic heterocycles. The number of alkyl halides is 4. The summed E-state index contributed by atoms with van der Waals surface area (Å²) in [6.07, 6.45) is -2.67. The van der Waals surface area contributed by atoms with Crippen molar-refractivity contribution in [2.24, 2.45) is 0 Å². The molecule has 0 aromatic rings. The van der Waals surface area contributed by atoms with Gasteiger partial charge in [0.05, 0.1) is 12.2 Å². The van der Waals surface area contributed by atoms with E-state index < -0.39 is 30.8 Å². The molecule has 1 aliphatic heterocycles. The van der Waals surface area contributed by atoms with Gasteiger partial charge in [0, 0.05) is 10.6 Å². The second-order valence-corrected chi connectivity index (χ2v) is 4.08. The average molecular weight is 384 g/mol. The molecular formula is C9H10F5IN2O. The summed E-state index contributed by atoms with van der Waals surface area (Å²) in [5, 5.41) is 5.07. The van der Waals surface area contributed by atoms with Crippen LogP contribution in [0.1, 0.15) is 0 Å². The second kappa shape index (κ2) is 6.43. The molecule has 18 heavy (non-hydrogen) atoms. The highest BCUT2D eigenvalue weighted by atomic mass is 127. The molecule has 3 nitrogen and oxygen atoms in total. The molecule has 0 saturated heterocycles. The zero-order chi connectivity index (χ0) is 13.8. The third-order valence-corrected chi connectivity index (χ3v) is 2.67. The lowest BCUT2D eigenvalue weighted by Crippen LogP contribution is -2.43. The van der Waals surface area contributed by atoms with Crippen LogP contribution in [-0.2, 0) is 4.74 Å². The lowest BCUT2D eigenvalue weighted by atomic mass is 10.2. The van der Waals surface area contributed by atoms with Gasteiger partial charge >= 0.3 is 12.3 Å². The number of ether oxygens (including phenoxy) is 1. The van der Waals surface area contributed by atoms with Crippen LogP contribution in [0, 0.1) is 0 Å². The van der Waals surface area contributed by atoms with Crippen LogP contribution in [-0.4, -0.2) is 31.5 Å². The molecule has 1 aliphatic rings. The van der Waals surface area contributed by atoms with Gasteiger partial charge < -0.3 is 15.4 Å². The fourth-order valence-corrected chi connectivity index (χ4v) is 1.51. The normalized spacial score (nSPS) is 21.2. The summed E-state index contributed by atoms with van der Waals surface area (Å²) < 4.78 is 67.6. The van der Waals surface area contributed by atoms with Gasteiger partial charge in [0.1, 0.15) is 5.83 Å². The van der Waals surface area contributed by atoms with Crippen LogP contribution in [0.25, 0.3) is 0 Å². The second-order valence-electron chi connectivity index (χ2n) is 3.45. The van der Waals surface area contributed by atoms with Crippen LogP contribution in [0.4, 0.5) is 22.0 Å². The molecule has 0 aromatic carbocycles. The van der Waals surface area contributed by atoms with Crippen LogP contribution in [0.5, 0.6) is 0 Å². The minimum atomic E-state index is -4.22. The summed E-state index contributed by atoms with van der Waals surface area (Å²) in [6, 6.07) is -0.634. The van der Waals surface area contributed by atoms with Gasteiger partial charge in [0.25, 0.3) is 0 Å². The Morgan fingerprint density at radius 3 is 2.72 bits per heavy atom. The van der Waals surface area contributed by atoms with E-state index in [9.17, 15) is 22.0 Å². The molecule has 1 unspecified atom stereocenters. The first-order chi connectivity index (χ1) is 8.36. The fourth-order valence-electron chi connectivity index (χ4n) is 1.07. The third-order valence-electron chi connectivity index (χ3n) is 2.07. The van der Waals surface area contributed by atoms with Crippen molar-refractivity contribution in [3.05, 3.63) is 22.0 Å². The quantitative estimate of drug-likeness (QED) is 0.565. The number of hydrogen-bond acceptors (Lipinski definition) is 3. The van der Waals surface area contributed by atoms with Gasteiger partial charge in [-0.25, -0.2) is 13.2 Å². The Kier molecular flexibility index (Phi) is 5.47. The van der Waals surface area contributed by atoms with E-state index in [-0.39, 0.29) is 12.4 Å². The maximum Gasteiger partial charge on any atom is 0.340 e. The Labute approximate surface area is 114 Å². The van der Waals surface area contributed by atoms with Gasteiger partial charge in [-0.05, 0) is 0 Å². The molecular weight excluding hydrogens is 374 g/mol. The number of halogens is 6. The summed E-state index contributed by atoms with van der Waals surface area (Å²) in [5.74, 6) is -4.78. The fraction of sp³-hybridized carbons (Fsp3) is 0.556. The molecule has 1 heterocycles. The molecule has 0 radical (unpaired) electrons. The van der Waals surface area contributed by atoms with Gasteiger partial charge in [0.15, 0.2) is 6.61 Å². The Hall–Kier alpha value is -0.740. The van der Waals surface area contributed by atoms with Crippen molar-refractivity contribution in [1.29, 1.82) is 0 Å². The first-order valence-corrected chi connectivity index (χ1v) is 6.06. The van der Waals surface area contributed by atoms with Crippen LogP contribution in [0.3, 0.4) is 0 Å². The molecule has 0 saturated carbocycles. The number of nitrogens with one attached hydrogen (secondary N) is 2. The van der Waals surface area contributed by atoms with Crippen molar-refractivity contribution >= 4 is 22.6 Å². The summed E-state index contributed by atoms with van der Waals surface area (Å²) in [7, 11) is 0. The SMILES string of the molecule is F/C(=C\I)C1CNC(OCC(F)(F)C(F)F)=CN1. The zero-order valence-electron chi connectivity index (χ0n) is 8.90. The van der Waals surface area contributed by atoms with Crippen LogP contribution >= 0.6 is 22.6 Å². The summed E-state index contributed by atoms with van der Waals surface area (Å²) in [4.78, 5) is 0. The molecule has 104 valence electrons. The topological polar surface area (TPSA) is 33.3 Å². The van der Waals surface area contributed by atoms with Crippen molar-refractivity contribution in [1.82, 2.24) is 10.6 Å². The lowest BCUT2D eigenvalue weighted by molar-refractivity contribution is -0.159. The zero-order valence-corrected chi connectivity index (χ0v) is 11.1. The highest BCUT2D eigenvalue weighted by molar-refractivity contribution is 14.1. The van der Waals surface area contributed by atoms with Gasteiger partial charge in [-0.1, -0.05) is 22.6 Å². The monoisotopic (exact) mass is 384 g/mol. The molecule has 9 heteroatoms. The minimum Gasteiger partial charge on any atom is -0.472 e. The standard InChI is InChI=1S/C9H10F5IN2O/c10-5(1-15)6-2-17-7(3-16-6)18-4-9(13,14)8(11)12/h1,3,6,8,16-17H,2,4H2/b5-1-. The van der Waals surface area contributed by atoms with E-state index in [1.165, 1.54) is 4.08 Å². The summed E-state index contributed by atoms with van der Waals surface area (Å²) in [5.41, 5.74) is 0. The molecule has 0 amide bonds. The Morgan fingerprint density at radius 1 is 1.61 bits per heavy atom. The van der Waals surface area contributed by atoms with Gasteiger partial charge in [-0.3, -0.25) is 0 Å². The van der Waals surface area contributed by atoms with Gasteiger partial charge in [-0.2, -0.15) is 8.78 Å². The van der Waals surface area contributed by atoms with Gasteiger partial charge in [-0.15, -0.1) is 0 Å². The van der Waals surface area contributed by atoms with E-state index in [0.717, 1.165) is 6.20 Å². The molecule has 0 bridgehead atoms. The van der Waals surface area contributed by atoms with E-state index >= 15 is 0 Å². The summed E-state index contributed by atoms with van der Waals surface area (Å²) >= 11 is 1.72. The lowest BCUT2D eigenvalue weighted by Gasteiger charge is -2.25. The van der Waals surface area contributed by atoms with E-state index in [0.29, 0.717) is 0 Å². The van der Waals surface area contributed by atoms with Crippen LogP contribution < -0.4 is 10.6 Å². The predicted octanol–water partition coefficient (Wildman–Crippen LogP) is 2.51. The largest absolute Gasteiger partial charge is 0.472 e.